The molecule has 1 heterocycles. The van der Waals surface area contributed by atoms with Crippen LogP contribution in [0, 0.1) is 0 Å². The van der Waals surface area contributed by atoms with Gasteiger partial charge in [-0.25, -0.2) is 10.2 Å². The Bertz CT molecular complexity index is 382. The van der Waals surface area contributed by atoms with Crippen LogP contribution in [-0.2, 0) is 13.9 Å². The molecule has 0 aromatic carbocycles. The third kappa shape index (κ3) is 7.84. The Hall–Kier alpha value is 0.470. The van der Waals surface area contributed by atoms with E-state index in [1.165, 1.54) is 0 Å². The highest BCUT2D eigenvalue weighted by Crippen LogP contribution is 2.37. The van der Waals surface area contributed by atoms with E-state index < -0.39 is 19.7 Å². The zero-order valence-electron chi connectivity index (χ0n) is 12.1. The molecule has 0 aromatic heterocycles. The second-order valence-electron chi connectivity index (χ2n) is 4.57. The first-order valence-electron chi connectivity index (χ1n) is 6.98. The maximum atomic E-state index is 12.5. The third-order valence-corrected chi connectivity index (χ3v) is 6.34. The fraction of sp³-hybridized carbons (Fsp3) is 0.909. The highest BCUT2D eigenvalue weighted by Gasteiger charge is 2.27. The van der Waals surface area contributed by atoms with Crippen LogP contribution in [0.4, 0.5) is 0 Å². The second-order valence-corrected chi connectivity index (χ2v) is 8.63. The van der Waals surface area contributed by atoms with Gasteiger partial charge in [-0.2, -0.15) is 0 Å². The van der Waals surface area contributed by atoms with Gasteiger partial charge in [0.15, 0.2) is 0 Å². The summed E-state index contributed by atoms with van der Waals surface area (Å²) in [5.74, 6) is 0.567. The average Bonchev–Trinajstić information content (AvgIpc) is 2.51. The van der Waals surface area contributed by atoms with E-state index in [1.807, 2.05) is 0 Å². The lowest BCUT2D eigenvalue weighted by Crippen LogP contribution is -2.46. The summed E-state index contributed by atoms with van der Waals surface area (Å²) in [6.07, 6.45) is 1.16. The van der Waals surface area contributed by atoms with Crippen LogP contribution >= 0.6 is 42.6 Å². The van der Waals surface area contributed by atoms with Crippen LogP contribution in [0.1, 0.15) is 12.8 Å². The number of aliphatic carboxylic acids is 1. The predicted molar refractivity (Wildman–Crippen MR) is 91.0 cm³/mol. The lowest BCUT2D eigenvalue weighted by Gasteiger charge is -2.28. The van der Waals surface area contributed by atoms with E-state index in [-0.39, 0.29) is 12.0 Å². The number of rotatable bonds is 11. The summed E-state index contributed by atoms with van der Waals surface area (Å²) in [4.78, 5) is 11.0. The molecule has 1 fully saturated rings. The molecule has 0 spiro atoms. The summed E-state index contributed by atoms with van der Waals surface area (Å²) in [7, 11) is -3.18. The first-order chi connectivity index (χ1) is 10.5. The van der Waals surface area contributed by atoms with Gasteiger partial charge in [-0.3, -0.25) is 14.7 Å². The molecule has 11 heteroatoms. The van der Waals surface area contributed by atoms with Crippen LogP contribution in [0.2, 0.25) is 0 Å². The van der Waals surface area contributed by atoms with Gasteiger partial charge in [0.2, 0.25) is 0 Å². The fourth-order valence-electron chi connectivity index (χ4n) is 1.86. The van der Waals surface area contributed by atoms with Gasteiger partial charge in [0.25, 0.3) is 0 Å². The van der Waals surface area contributed by atoms with Gasteiger partial charge < -0.3 is 9.63 Å². The van der Waals surface area contributed by atoms with E-state index >= 15 is 0 Å². The first-order valence-corrected chi connectivity index (χ1v) is 10.7. The van der Waals surface area contributed by atoms with Gasteiger partial charge in [0.1, 0.15) is 6.04 Å². The van der Waals surface area contributed by atoms with Gasteiger partial charge in [0.05, 0.1) is 12.0 Å². The number of hydrogen-bond donors (Lipinski definition) is 4. The lowest BCUT2D eigenvalue weighted by atomic mass is 10.2. The SMILES string of the molecule is O=C(O)C1CCSC(CCOP(=O)(NCCCl)NCCCl)N1. The number of nitrogens with one attached hydrogen (secondary N) is 3. The summed E-state index contributed by atoms with van der Waals surface area (Å²) < 4.78 is 17.9. The first kappa shape index (κ1) is 20.5. The van der Waals surface area contributed by atoms with Crippen LogP contribution in [0.25, 0.3) is 0 Å². The Kier molecular flexibility index (Phi) is 10.3. The predicted octanol–water partition coefficient (Wildman–Crippen LogP) is 1.66. The van der Waals surface area contributed by atoms with Crippen molar-refractivity contribution in [2.45, 2.75) is 24.3 Å². The zero-order chi connectivity index (χ0) is 16.4. The number of alkyl halides is 2. The van der Waals surface area contributed by atoms with Crippen LogP contribution in [0.3, 0.4) is 0 Å². The Morgan fingerprint density at radius 2 is 2.00 bits per heavy atom. The van der Waals surface area contributed by atoms with Gasteiger partial charge in [-0.1, -0.05) is 0 Å². The molecule has 4 N–H and O–H groups in total. The van der Waals surface area contributed by atoms with E-state index in [1.54, 1.807) is 11.8 Å². The molecule has 22 heavy (non-hydrogen) atoms. The molecule has 2 atom stereocenters. The standard InChI is InChI=1S/C11H22Cl2N3O4PS/c12-3-5-14-21(19,15-6-4-13)20-7-1-10-16-9(11(17)18)2-8-22-10/h9-10,16H,1-8H2,(H,17,18)(H2,14,15,19). The van der Waals surface area contributed by atoms with Crippen molar-refractivity contribution in [1.29, 1.82) is 0 Å². The van der Waals surface area contributed by atoms with E-state index in [0.717, 1.165) is 5.75 Å². The molecular formula is C11H22Cl2N3O4PS. The normalized spacial score (nSPS) is 22.6. The van der Waals surface area contributed by atoms with Crippen molar-refractivity contribution < 1.29 is 19.0 Å². The van der Waals surface area contributed by atoms with Gasteiger partial charge in [-0.05, 0) is 18.6 Å². The van der Waals surface area contributed by atoms with Crippen molar-refractivity contribution in [3.8, 4) is 0 Å². The van der Waals surface area contributed by atoms with Gasteiger partial charge in [-0.15, -0.1) is 35.0 Å². The van der Waals surface area contributed by atoms with Crippen molar-refractivity contribution in [3.63, 3.8) is 0 Å². The third-order valence-electron chi connectivity index (χ3n) is 2.89. The molecule has 0 bridgehead atoms. The molecule has 0 amide bonds. The van der Waals surface area contributed by atoms with Crippen LogP contribution in [0.5, 0.6) is 0 Å². The van der Waals surface area contributed by atoms with E-state index in [9.17, 15) is 9.36 Å². The minimum atomic E-state index is -3.18. The molecule has 1 aliphatic rings. The van der Waals surface area contributed by atoms with Crippen molar-refractivity contribution >= 4 is 48.6 Å². The molecule has 0 saturated carbocycles. The molecular weight excluding hydrogens is 372 g/mol. The number of carbonyl (C=O) groups is 1. The summed E-state index contributed by atoms with van der Waals surface area (Å²) in [6.45, 7) is 0.941. The van der Waals surface area contributed by atoms with Crippen molar-refractivity contribution in [2.24, 2.45) is 0 Å². The maximum absolute atomic E-state index is 12.5. The monoisotopic (exact) mass is 393 g/mol. The summed E-state index contributed by atoms with van der Waals surface area (Å²) >= 11 is 12.8. The highest BCUT2D eigenvalue weighted by molar-refractivity contribution is 7.99. The van der Waals surface area contributed by atoms with Crippen molar-refractivity contribution in [1.82, 2.24) is 15.5 Å². The minimum Gasteiger partial charge on any atom is -0.480 e. The van der Waals surface area contributed by atoms with E-state index in [2.05, 4.69) is 15.5 Å². The summed E-state index contributed by atoms with van der Waals surface area (Å²) in [5.41, 5.74) is 0. The topological polar surface area (TPSA) is 99.7 Å². The molecule has 1 saturated heterocycles. The van der Waals surface area contributed by atoms with Crippen LogP contribution in [0.15, 0.2) is 0 Å². The largest absolute Gasteiger partial charge is 0.480 e. The Balaban J connectivity index is 2.38. The molecule has 7 nitrogen and oxygen atoms in total. The zero-order valence-corrected chi connectivity index (χ0v) is 15.3. The minimum absolute atomic E-state index is 0.0237. The van der Waals surface area contributed by atoms with E-state index in [4.69, 9.17) is 32.8 Å². The smallest absolute Gasteiger partial charge is 0.340 e. The molecule has 130 valence electrons. The van der Waals surface area contributed by atoms with Gasteiger partial charge in [0, 0.05) is 24.8 Å². The fourth-order valence-corrected chi connectivity index (χ4v) is 4.96. The van der Waals surface area contributed by atoms with Crippen LogP contribution in [-0.4, -0.2) is 59.7 Å². The second kappa shape index (κ2) is 11.1. The van der Waals surface area contributed by atoms with Crippen LogP contribution < -0.4 is 15.5 Å². The molecule has 1 aliphatic heterocycles. The Morgan fingerprint density at radius 3 is 2.55 bits per heavy atom. The number of thioether (sulfide) groups is 1. The number of hydrogen-bond acceptors (Lipinski definition) is 5. The van der Waals surface area contributed by atoms with Crippen molar-refractivity contribution in [2.75, 3.05) is 37.2 Å². The molecule has 2 unspecified atom stereocenters. The lowest BCUT2D eigenvalue weighted by molar-refractivity contribution is -0.139. The average molecular weight is 394 g/mol. The summed E-state index contributed by atoms with van der Waals surface area (Å²) in [6, 6.07) is -0.526. The summed E-state index contributed by atoms with van der Waals surface area (Å²) in [5, 5.41) is 17.5. The molecule has 0 aromatic rings. The van der Waals surface area contributed by atoms with Gasteiger partial charge >= 0.3 is 13.6 Å². The number of halogens is 2. The molecule has 0 radical (unpaired) electrons. The Morgan fingerprint density at radius 1 is 1.36 bits per heavy atom. The van der Waals surface area contributed by atoms with Crippen molar-refractivity contribution in [3.05, 3.63) is 0 Å². The number of carboxylic acid groups (broad SMARTS) is 1. The Labute approximate surface area is 144 Å². The highest BCUT2D eigenvalue weighted by atomic mass is 35.5. The molecule has 0 aliphatic carbocycles. The maximum Gasteiger partial charge on any atom is 0.340 e. The molecule has 1 rings (SSSR count). The number of carboxylic acids is 1. The van der Waals surface area contributed by atoms with E-state index in [0.29, 0.717) is 37.7 Å². The quantitative estimate of drug-likeness (QED) is 0.310.